The van der Waals surface area contributed by atoms with Gasteiger partial charge in [0.1, 0.15) is 6.29 Å². The van der Waals surface area contributed by atoms with E-state index < -0.39 is 0 Å². The molecule has 0 aliphatic heterocycles. The number of carbonyl (C=O) groups is 1. The van der Waals surface area contributed by atoms with Gasteiger partial charge in [0, 0.05) is 5.92 Å². The van der Waals surface area contributed by atoms with Crippen molar-refractivity contribution >= 4 is 6.29 Å². The van der Waals surface area contributed by atoms with Crippen LogP contribution >= 0.6 is 0 Å². The highest BCUT2D eigenvalue weighted by Gasteiger charge is 2.54. The van der Waals surface area contributed by atoms with Gasteiger partial charge in [-0.3, -0.25) is 0 Å². The van der Waals surface area contributed by atoms with Crippen LogP contribution in [0.15, 0.2) is 0 Å². The quantitative estimate of drug-likeness (QED) is 0.634. The Morgan fingerprint density at radius 1 is 1.27 bits per heavy atom. The zero-order valence-corrected chi connectivity index (χ0v) is 10.5. The molecule has 0 aromatic heterocycles. The van der Waals surface area contributed by atoms with Gasteiger partial charge in [-0.05, 0) is 41.9 Å². The first-order valence-electron chi connectivity index (χ1n) is 6.44. The summed E-state index contributed by atoms with van der Waals surface area (Å²) in [4.78, 5) is 11.1. The molecule has 0 aromatic rings. The second kappa shape index (κ2) is 3.61. The molecular formula is C14H24O. The van der Waals surface area contributed by atoms with E-state index in [9.17, 15) is 4.79 Å². The molecule has 2 bridgehead atoms. The van der Waals surface area contributed by atoms with Crippen molar-refractivity contribution in [1.82, 2.24) is 0 Å². The van der Waals surface area contributed by atoms with Crippen molar-refractivity contribution in [3.8, 4) is 0 Å². The van der Waals surface area contributed by atoms with E-state index >= 15 is 0 Å². The molecule has 1 heteroatoms. The van der Waals surface area contributed by atoms with Crippen LogP contribution in [-0.2, 0) is 4.79 Å². The van der Waals surface area contributed by atoms with Gasteiger partial charge in [0.25, 0.3) is 0 Å². The lowest BCUT2D eigenvalue weighted by Crippen LogP contribution is -2.37. The fourth-order valence-electron chi connectivity index (χ4n) is 4.55. The molecule has 0 radical (unpaired) electrons. The number of carbonyl (C=O) groups excluding carboxylic acids is 1. The van der Waals surface area contributed by atoms with Crippen molar-refractivity contribution in [2.75, 3.05) is 0 Å². The summed E-state index contributed by atoms with van der Waals surface area (Å²) in [6.45, 7) is 9.37. The predicted octanol–water partition coefficient (Wildman–Crippen LogP) is 3.53. The maximum absolute atomic E-state index is 11.1. The van der Waals surface area contributed by atoms with E-state index in [0.717, 1.165) is 17.8 Å². The number of fused-ring (bicyclic) bond motifs is 2. The van der Waals surface area contributed by atoms with Gasteiger partial charge in [0.2, 0.25) is 0 Å². The summed E-state index contributed by atoms with van der Waals surface area (Å²) >= 11 is 0. The first kappa shape index (κ1) is 11.2. The van der Waals surface area contributed by atoms with Gasteiger partial charge < -0.3 is 4.79 Å². The van der Waals surface area contributed by atoms with Crippen molar-refractivity contribution < 1.29 is 4.79 Å². The number of hydrogen-bond acceptors (Lipinski definition) is 1. The van der Waals surface area contributed by atoms with Gasteiger partial charge in [-0.1, -0.05) is 34.1 Å². The second-order valence-electron chi connectivity index (χ2n) is 6.66. The minimum Gasteiger partial charge on any atom is -0.303 e. The van der Waals surface area contributed by atoms with E-state index in [1.807, 2.05) is 0 Å². The number of rotatable bonds is 2. The maximum atomic E-state index is 11.1. The highest BCUT2D eigenvalue weighted by molar-refractivity contribution is 5.55. The molecule has 15 heavy (non-hydrogen) atoms. The SMILES string of the molecule is CCC1C2CC(C=O)C(C2)C1C(C)(C)C. The van der Waals surface area contributed by atoms with Crippen LogP contribution in [0.1, 0.15) is 47.0 Å². The molecule has 0 aromatic carbocycles. The third-order valence-electron chi connectivity index (χ3n) is 4.87. The zero-order valence-electron chi connectivity index (χ0n) is 10.5. The average molecular weight is 208 g/mol. The normalized spacial score (nSPS) is 44.7. The Hall–Kier alpha value is -0.330. The van der Waals surface area contributed by atoms with Crippen molar-refractivity contribution in [3.05, 3.63) is 0 Å². The molecule has 2 saturated carbocycles. The van der Waals surface area contributed by atoms with Gasteiger partial charge in [0.15, 0.2) is 0 Å². The topological polar surface area (TPSA) is 17.1 Å². The highest BCUT2D eigenvalue weighted by Crippen LogP contribution is 2.60. The summed E-state index contributed by atoms with van der Waals surface area (Å²) in [6, 6.07) is 0. The monoisotopic (exact) mass is 208 g/mol. The lowest BCUT2D eigenvalue weighted by Gasteiger charge is -2.42. The van der Waals surface area contributed by atoms with Crippen LogP contribution in [0.2, 0.25) is 0 Å². The molecule has 5 unspecified atom stereocenters. The van der Waals surface area contributed by atoms with Gasteiger partial charge in [-0.2, -0.15) is 0 Å². The minimum atomic E-state index is 0.377. The smallest absolute Gasteiger partial charge is 0.123 e. The van der Waals surface area contributed by atoms with Crippen LogP contribution in [0.25, 0.3) is 0 Å². The minimum absolute atomic E-state index is 0.377. The Labute approximate surface area is 93.6 Å². The first-order chi connectivity index (χ1) is 6.99. The molecule has 2 rings (SSSR count). The molecule has 5 atom stereocenters. The van der Waals surface area contributed by atoms with Crippen LogP contribution in [-0.4, -0.2) is 6.29 Å². The molecule has 2 fully saturated rings. The molecule has 86 valence electrons. The van der Waals surface area contributed by atoms with E-state index in [1.54, 1.807) is 0 Å². The molecule has 0 amide bonds. The Bertz CT molecular complexity index is 251. The molecular weight excluding hydrogens is 184 g/mol. The molecule has 0 saturated heterocycles. The molecule has 1 nitrogen and oxygen atoms in total. The Balaban J connectivity index is 2.24. The largest absolute Gasteiger partial charge is 0.303 e. The summed E-state index contributed by atoms with van der Waals surface area (Å²) in [5.41, 5.74) is 0.377. The summed E-state index contributed by atoms with van der Waals surface area (Å²) in [7, 11) is 0. The first-order valence-corrected chi connectivity index (χ1v) is 6.44. The van der Waals surface area contributed by atoms with Gasteiger partial charge in [-0.15, -0.1) is 0 Å². The van der Waals surface area contributed by atoms with Crippen LogP contribution in [0.4, 0.5) is 0 Å². The van der Waals surface area contributed by atoms with Crippen LogP contribution in [0.3, 0.4) is 0 Å². The molecule has 0 spiro atoms. The van der Waals surface area contributed by atoms with E-state index in [-0.39, 0.29) is 0 Å². The van der Waals surface area contributed by atoms with E-state index in [4.69, 9.17) is 0 Å². The van der Waals surface area contributed by atoms with Crippen molar-refractivity contribution in [2.24, 2.45) is 35.0 Å². The van der Waals surface area contributed by atoms with Crippen molar-refractivity contribution in [1.29, 1.82) is 0 Å². The van der Waals surface area contributed by atoms with E-state index in [2.05, 4.69) is 27.7 Å². The van der Waals surface area contributed by atoms with Crippen molar-refractivity contribution in [2.45, 2.75) is 47.0 Å². The lowest BCUT2D eigenvalue weighted by atomic mass is 9.63. The third kappa shape index (κ3) is 1.64. The summed E-state index contributed by atoms with van der Waals surface area (Å²) in [5.74, 6) is 3.57. The van der Waals surface area contributed by atoms with Crippen molar-refractivity contribution in [3.63, 3.8) is 0 Å². The lowest BCUT2D eigenvalue weighted by molar-refractivity contribution is -0.114. The second-order valence-corrected chi connectivity index (χ2v) is 6.66. The molecule has 2 aliphatic carbocycles. The molecule has 2 aliphatic rings. The molecule has 0 heterocycles. The molecule has 0 N–H and O–H groups in total. The fourth-order valence-corrected chi connectivity index (χ4v) is 4.55. The predicted molar refractivity (Wildman–Crippen MR) is 62.5 cm³/mol. The fraction of sp³-hybridized carbons (Fsp3) is 0.929. The summed E-state index contributed by atoms with van der Waals surface area (Å²) in [6.07, 6.45) is 5.03. The summed E-state index contributed by atoms with van der Waals surface area (Å²) < 4.78 is 0. The number of aldehydes is 1. The Kier molecular flexibility index (Phi) is 2.68. The Morgan fingerprint density at radius 2 is 1.93 bits per heavy atom. The van der Waals surface area contributed by atoms with Crippen LogP contribution in [0.5, 0.6) is 0 Å². The average Bonchev–Trinajstić information content (AvgIpc) is 2.71. The maximum Gasteiger partial charge on any atom is 0.123 e. The Morgan fingerprint density at radius 3 is 2.40 bits per heavy atom. The van der Waals surface area contributed by atoms with Crippen LogP contribution < -0.4 is 0 Å². The summed E-state index contributed by atoms with van der Waals surface area (Å²) in [5, 5.41) is 0. The third-order valence-corrected chi connectivity index (χ3v) is 4.87. The van der Waals surface area contributed by atoms with Gasteiger partial charge in [0.05, 0.1) is 0 Å². The highest BCUT2D eigenvalue weighted by atomic mass is 16.1. The van der Waals surface area contributed by atoms with E-state index in [1.165, 1.54) is 25.5 Å². The number of hydrogen-bond donors (Lipinski definition) is 0. The van der Waals surface area contributed by atoms with Crippen LogP contribution in [0, 0.1) is 35.0 Å². The van der Waals surface area contributed by atoms with Gasteiger partial charge in [-0.25, -0.2) is 0 Å². The van der Waals surface area contributed by atoms with E-state index in [0.29, 0.717) is 17.3 Å². The zero-order chi connectivity index (χ0) is 11.2. The standard InChI is InChI=1S/C14H24O/c1-5-11-9-6-10(8-15)12(7-9)13(11)14(2,3)4/h8-13H,5-7H2,1-4H3. The van der Waals surface area contributed by atoms with Gasteiger partial charge >= 0.3 is 0 Å².